The first kappa shape index (κ1) is 15.0. The summed E-state index contributed by atoms with van der Waals surface area (Å²) < 4.78 is 1.36. The van der Waals surface area contributed by atoms with Gasteiger partial charge in [0, 0.05) is 12.8 Å². The highest BCUT2D eigenvalue weighted by molar-refractivity contribution is 5.85. The van der Waals surface area contributed by atoms with E-state index in [4.69, 9.17) is 0 Å². The van der Waals surface area contributed by atoms with Gasteiger partial charge in [0.25, 0.3) is 0 Å². The summed E-state index contributed by atoms with van der Waals surface area (Å²) in [4.78, 5) is 0. The van der Waals surface area contributed by atoms with Crippen LogP contribution >= 0.6 is 12.4 Å². The number of likely N-dealkylation sites (tertiary alicyclic amines) is 1. The lowest BCUT2D eigenvalue weighted by Gasteiger charge is -2.28. The molecule has 0 aliphatic carbocycles. The van der Waals surface area contributed by atoms with Crippen LogP contribution in [-0.2, 0) is 0 Å². The van der Waals surface area contributed by atoms with Crippen molar-refractivity contribution in [3.05, 3.63) is 0 Å². The van der Waals surface area contributed by atoms with Crippen LogP contribution in [0.25, 0.3) is 0 Å². The average Bonchev–Trinajstić information content (AvgIpc) is 2.33. The smallest absolute Gasteiger partial charge is 0.0786 e. The molecule has 0 unspecified atom stereocenters. The molecule has 12 heavy (non-hydrogen) atoms. The Labute approximate surface area is 88.9 Å². The predicted molar refractivity (Wildman–Crippen MR) is 52.2 cm³/mol. The second-order valence-corrected chi connectivity index (χ2v) is 3.85. The second kappa shape index (κ2) is 6.99. The molecular weight excluding hydrogens is 193 g/mol. The van der Waals surface area contributed by atoms with E-state index in [0.29, 0.717) is 0 Å². The minimum Gasteiger partial charge on any atom is -1.00 e. The fourth-order valence-electron chi connectivity index (χ4n) is 1.86. The SMILES string of the molecule is CCCC[N+]1(C)CCCC1.Cl.[Cl-]. The van der Waals surface area contributed by atoms with Gasteiger partial charge in [0.2, 0.25) is 0 Å². The van der Waals surface area contributed by atoms with Crippen LogP contribution in [0.15, 0.2) is 0 Å². The first-order valence-corrected chi connectivity index (χ1v) is 4.60. The van der Waals surface area contributed by atoms with Gasteiger partial charge in [-0.3, -0.25) is 0 Å². The largest absolute Gasteiger partial charge is 1.00 e. The van der Waals surface area contributed by atoms with Gasteiger partial charge in [-0.1, -0.05) is 13.3 Å². The summed E-state index contributed by atoms with van der Waals surface area (Å²) in [6, 6.07) is 0. The van der Waals surface area contributed by atoms with Gasteiger partial charge in [-0.05, 0) is 6.42 Å². The monoisotopic (exact) mass is 213 g/mol. The number of rotatable bonds is 3. The van der Waals surface area contributed by atoms with Crippen LogP contribution in [0.4, 0.5) is 0 Å². The van der Waals surface area contributed by atoms with Crippen LogP contribution < -0.4 is 12.4 Å². The maximum absolute atomic E-state index is 2.41. The third kappa shape index (κ3) is 4.54. The second-order valence-electron chi connectivity index (χ2n) is 3.85. The van der Waals surface area contributed by atoms with Crippen LogP contribution in [0.5, 0.6) is 0 Å². The molecule has 1 nitrogen and oxygen atoms in total. The van der Waals surface area contributed by atoms with E-state index in [2.05, 4.69) is 14.0 Å². The van der Waals surface area contributed by atoms with Crippen molar-refractivity contribution >= 4 is 12.4 Å². The van der Waals surface area contributed by atoms with Gasteiger partial charge in [-0.25, -0.2) is 0 Å². The minimum atomic E-state index is 0. The Morgan fingerprint density at radius 2 is 1.67 bits per heavy atom. The molecule has 0 aromatic carbocycles. The zero-order chi connectivity index (χ0) is 7.45. The zero-order valence-corrected chi connectivity index (χ0v) is 9.76. The number of halogens is 2. The summed E-state index contributed by atoms with van der Waals surface area (Å²) in [6.45, 7) is 6.55. The number of hydrogen-bond donors (Lipinski definition) is 0. The van der Waals surface area contributed by atoms with E-state index in [9.17, 15) is 0 Å². The molecule has 0 N–H and O–H groups in total. The summed E-state index contributed by atoms with van der Waals surface area (Å²) in [5, 5.41) is 0. The summed E-state index contributed by atoms with van der Waals surface area (Å²) in [5.74, 6) is 0. The van der Waals surface area contributed by atoms with Gasteiger partial charge in [0.15, 0.2) is 0 Å². The average molecular weight is 214 g/mol. The molecule has 76 valence electrons. The van der Waals surface area contributed by atoms with Gasteiger partial charge >= 0.3 is 0 Å². The Bertz CT molecular complexity index is 101. The predicted octanol–water partition coefficient (Wildman–Crippen LogP) is -0.547. The molecule has 1 rings (SSSR count). The molecule has 0 amide bonds. The van der Waals surface area contributed by atoms with Crippen molar-refractivity contribution in [2.24, 2.45) is 0 Å². The molecule has 1 heterocycles. The Hall–Kier alpha value is 0.540. The molecule has 0 spiro atoms. The Balaban J connectivity index is 0. The first-order chi connectivity index (χ1) is 4.77. The highest BCUT2D eigenvalue weighted by Gasteiger charge is 2.25. The third-order valence-electron chi connectivity index (χ3n) is 2.70. The third-order valence-corrected chi connectivity index (χ3v) is 2.70. The lowest BCUT2D eigenvalue weighted by Crippen LogP contribution is -3.00. The normalized spacial score (nSPS) is 19.5. The standard InChI is InChI=1S/C9H20N.2ClH/c1-3-4-7-10(2)8-5-6-9-10;;/h3-9H2,1-2H3;2*1H/q+1;;/p-1. The molecule has 1 saturated heterocycles. The van der Waals surface area contributed by atoms with Crippen molar-refractivity contribution < 1.29 is 16.9 Å². The van der Waals surface area contributed by atoms with Gasteiger partial charge in [-0.15, -0.1) is 12.4 Å². The Kier molecular flexibility index (Phi) is 8.76. The van der Waals surface area contributed by atoms with Crippen LogP contribution in [0, 0.1) is 0 Å². The van der Waals surface area contributed by atoms with Crippen LogP contribution in [0.1, 0.15) is 32.6 Å². The molecule has 1 fully saturated rings. The molecular formula is C9H21Cl2N. The van der Waals surface area contributed by atoms with Crippen LogP contribution in [-0.4, -0.2) is 31.2 Å². The number of nitrogens with zero attached hydrogens (tertiary/aromatic N) is 1. The van der Waals surface area contributed by atoms with Crippen molar-refractivity contribution in [1.29, 1.82) is 0 Å². The topological polar surface area (TPSA) is 0 Å². The first-order valence-electron chi connectivity index (χ1n) is 4.60. The number of hydrogen-bond acceptors (Lipinski definition) is 0. The fraction of sp³-hybridized carbons (Fsp3) is 1.00. The summed E-state index contributed by atoms with van der Waals surface area (Å²) in [6.07, 6.45) is 5.69. The van der Waals surface area contributed by atoms with E-state index in [-0.39, 0.29) is 24.8 Å². The molecule has 0 aromatic rings. The van der Waals surface area contributed by atoms with Crippen LogP contribution in [0.3, 0.4) is 0 Å². The van der Waals surface area contributed by atoms with E-state index in [1.165, 1.54) is 49.8 Å². The van der Waals surface area contributed by atoms with E-state index in [0.717, 1.165) is 0 Å². The highest BCUT2D eigenvalue weighted by Crippen LogP contribution is 2.16. The summed E-state index contributed by atoms with van der Waals surface area (Å²) in [7, 11) is 2.41. The van der Waals surface area contributed by atoms with E-state index < -0.39 is 0 Å². The zero-order valence-electron chi connectivity index (χ0n) is 8.18. The molecule has 3 heteroatoms. The lowest BCUT2D eigenvalue weighted by molar-refractivity contribution is -0.897. The van der Waals surface area contributed by atoms with E-state index >= 15 is 0 Å². The maximum Gasteiger partial charge on any atom is 0.0786 e. The van der Waals surface area contributed by atoms with Crippen molar-refractivity contribution in [2.75, 3.05) is 26.7 Å². The van der Waals surface area contributed by atoms with Crippen molar-refractivity contribution in [3.8, 4) is 0 Å². The van der Waals surface area contributed by atoms with Crippen molar-refractivity contribution in [2.45, 2.75) is 32.6 Å². The summed E-state index contributed by atoms with van der Waals surface area (Å²) in [5.41, 5.74) is 0. The molecule has 0 saturated carbocycles. The highest BCUT2D eigenvalue weighted by atomic mass is 35.5. The van der Waals surface area contributed by atoms with Crippen molar-refractivity contribution in [3.63, 3.8) is 0 Å². The quantitative estimate of drug-likeness (QED) is 0.553. The minimum absolute atomic E-state index is 0. The molecule has 0 atom stereocenters. The lowest BCUT2D eigenvalue weighted by atomic mass is 10.3. The molecule has 0 aromatic heterocycles. The number of quaternary nitrogens is 1. The molecule has 1 aliphatic heterocycles. The van der Waals surface area contributed by atoms with E-state index in [1.54, 1.807) is 0 Å². The molecule has 0 bridgehead atoms. The Morgan fingerprint density at radius 3 is 2.08 bits per heavy atom. The summed E-state index contributed by atoms with van der Waals surface area (Å²) >= 11 is 0. The Morgan fingerprint density at radius 1 is 1.17 bits per heavy atom. The number of unbranched alkanes of at least 4 members (excludes halogenated alkanes) is 1. The van der Waals surface area contributed by atoms with Gasteiger partial charge < -0.3 is 16.9 Å². The van der Waals surface area contributed by atoms with Crippen LogP contribution in [0.2, 0.25) is 0 Å². The maximum atomic E-state index is 2.41. The fourth-order valence-corrected chi connectivity index (χ4v) is 1.86. The molecule has 1 aliphatic rings. The van der Waals surface area contributed by atoms with Gasteiger partial charge in [0.1, 0.15) is 0 Å². The van der Waals surface area contributed by atoms with Gasteiger partial charge in [-0.2, -0.15) is 0 Å². The molecule has 0 radical (unpaired) electrons. The van der Waals surface area contributed by atoms with Crippen molar-refractivity contribution in [1.82, 2.24) is 0 Å². The van der Waals surface area contributed by atoms with E-state index in [1.807, 2.05) is 0 Å². The van der Waals surface area contributed by atoms with Gasteiger partial charge in [0.05, 0.1) is 26.7 Å².